The van der Waals surface area contributed by atoms with Gasteiger partial charge in [0.15, 0.2) is 5.78 Å². The van der Waals surface area contributed by atoms with E-state index >= 15 is 0 Å². The topological polar surface area (TPSA) is 37.4 Å². The number of amides is 1. The second-order valence-electron chi connectivity index (χ2n) is 5.33. The molecule has 2 rings (SSSR count). The molecule has 18 heavy (non-hydrogen) atoms. The van der Waals surface area contributed by atoms with Crippen LogP contribution in [0.1, 0.15) is 34.8 Å². The summed E-state index contributed by atoms with van der Waals surface area (Å²) in [6, 6.07) is 5.85. The fourth-order valence-electron chi connectivity index (χ4n) is 2.42. The second-order valence-corrected chi connectivity index (χ2v) is 5.33. The summed E-state index contributed by atoms with van der Waals surface area (Å²) in [6.45, 7) is 6.86. The fourth-order valence-corrected chi connectivity index (χ4v) is 2.42. The Morgan fingerprint density at radius 1 is 1.39 bits per heavy atom. The molecule has 96 valence electrons. The van der Waals surface area contributed by atoms with E-state index in [4.69, 9.17) is 0 Å². The number of hydrogen-bond donors (Lipinski definition) is 0. The molecule has 3 nitrogen and oxygen atoms in total. The molecule has 0 radical (unpaired) electrons. The number of nitrogens with zero attached hydrogens (tertiary/aromatic N) is 1. The lowest BCUT2D eigenvalue weighted by atomic mass is 10.0. The van der Waals surface area contributed by atoms with Gasteiger partial charge < -0.3 is 4.90 Å². The molecule has 1 aromatic rings. The monoisotopic (exact) mass is 245 g/mol. The van der Waals surface area contributed by atoms with Crippen molar-refractivity contribution in [2.45, 2.75) is 27.2 Å². The van der Waals surface area contributed by atoms with Gasteiger partial charge in [0, 0.05) is 18.5 Å². The molecule has 0 N–H and O–H groups in total. The van der Waals surface area contributed by atoms with E-state index in [2.05, 4.69) is 0 Å². The van der Waals surface area contributed by atoms with Crippen LogP contribution >= 0.6 is 0 Å². The van der Waals surface area contributed by atoms with E-state index < -0.39 is 0 Å². The van der Waals surface area contributed by atoms with Crippen LogP contribution in [0.25, 0.3) is 0 Å². The summed E-state index contributed by atoms with van der Waals surface area (Å²) in [4.78, 5) is 25.6. The Kier molecular flexibility index (Phi) is 3.50. The quantitative estimate of drug-likeness (QED) is 0.767. The molecule has 1 saturated heterocycles. The predicted molar refractivity (Wildman–Crippen MR) is 70.6 cm³/mol. The molecule has 0 aromatic heterocycles. The minimum Gasteiger partial charge on any atom is -0.335 e. The van der Waals surface area contributed by atoms with E-state index in [9.17, 15) is 9.59 Å². The summed E-state index contributed by atoms with van der Waals surface area (Å²) in [7, 11) is 0. The minimum absolute atomic E-state index is 0.0404. The van der Waals surface area contributed by atoms with Crippen LogP contribution in [0.15, 0.2) is 18.2 Å². The highest BCUT2D eigenvalue weighted by Gasteiger charge is 2.28. The number of carbonyl (C=O) groups is 2. The Hall–Kier alpha value is -1.64. The summed E-state index contributed by atoms with van der Waals surface area (Å²) in [5.41, 5.74) is 2.79. The van der Waals surface area contributed by atoms with E-state index in [1.54, 1.807) is 4.90 Å². The molecule has 1 aliphatic rings. The van der Waals surface area contributed by atoms with Gasteiger partial charge in [0.1, 0.15) is 0 Å². The number of benzene rings is 1. The van der Waals surface area contributed by atoms with Gasteiger partial charge in [-0.1, -0.05) is 24.6 Å². The minimum atomic E-state index is 0.0404. The zero-order valence-electron chi connectivity index (χ0n) is 11.2. The molecule has 0 spiro atoms. The number of carbonyl (C=O) groups excluding carboxylic acids is 2. The largest absolute Gasteiger partial charge is 0.335 e. The van der Waals surface area contributed by atoms with E-state index in [1.165, 1.54) is 0 Å². The van der Waals surface area contributed by atoms with Gasteiger partial charge in [-0.15, -0.1) is 0 Å². The molecule has 0 bridgehead atoms. The van der Waals surface area contributed by atoms with E-state index in [1.807, 2.05) is 39.0 Å². The lowest BCUT2D eigenvalue weighted by molar-refractivity contribution is -0.127. The van der Waals surface area contributed by atoms with Crippen molar-refractivity contribution in [2.24, 2.45) is 5.92 Å². The van der Waals surface area contributed by atoms with Crippen LogP contribution in [-0.4, -0.2) is 29.7 Å². The Balaban J connectivity index is 2.12. The summed E-state index contributed by atoms with van der Waals surface area (Å²) in [5.74, 6) is 0.503. The lowest BCUT2D eigenvalue weighted by Crippen LogP contribution is -2.31. The van der Waals surface area contributed by atoms with Gasteiger partial charge in [-0.3, -0.25) is 9.59 Å². The molecular formula is C15H19NO2. The average Bonchev–Trinajstić information content (AvgIpc) is 2.61. The molecule has 0 saturated carbocycles. The third kappa shape index (κ3) is 2.61. The lowest BCUT2D eigenvalue weighted by Gasteiger charge is -2.16. The number of hydrogen-bond acceptors (Lipinski definition) is 2. The van der Waals surface area contributed by atoms with E-state index in [0.29, 0.717) is 18.9 Å². The van der Waals surface area contributed by atoms with Gasteiger partial charge in [0.05, 0.1) is 6.54 Å². The molecule has 1 aliphatic heterocycles. The van der Waals surface area contributed by atoms with Gasteiger partial charge in [-0.2, -0.15) is 0 Å². The van der Waals surface area contributed by atoms with Crippen LogP contribution in [0.3, 0.4) is 0 Å². The maximum Gasteiger partial charge on any atom is 0.223 e. The number of likely N-dealkylation sites (tertiary alicyclic amines) is 1. The summed E-state index contributed by atoms with van der Waals surface area (Å²) in [5, 5.41) is 0. The first-order valence-corrected chi connectivity index (χ1v) is 6.35. The fraction of sp³-hybridized carbons (Fsp3) is 0.467. The molecule has 1 aromatic carbocycles. The molecular weight excluding hydrogens is 226 g/mol. The molecule has 3 heteroatoms. The van der Waals surface area contributed by atoms with Crippen LogP contribution in [0.5, 0.6) is 0 Å². The summed E-state index contributed by atoms with van der Waals surface area (Å²) in [6.07, 6.45) is 0.570. The van der Waals surface area contributed by atoms with Crippen LogP contribution in [0.2, 0.25) is 0 Å². The third-order valence-electron chi connectivity index (χ3n) is 3.44. The van der Waals surface area contributed by atoms with Crippen molar-refractivity contribution in [3.05, 3.63) is 34.9 Å². The average molecular weight is 245 g/mol. The van der Waals surface area contributed by atoms with Crippen molar-refractivity contribution < 1.29 is 9.59 Å². The predicted octanol–water partition coefficient (Wildman–Crippen LogP) is 2.35. The molecule has 1 atom stereocenters. The Labute approximate surface area is 108 Å². The van der Waals surface area contributed by atoms with E-state index in [-0.39, 0.29) is 18.2 Å². The Bertz CT molecular complexity index is 493. The molecule has 1 unspecified atom stereocenters. The first-order valence-electron chi connectivity index (χ1n) is 6.35. The van der Waals surface area contributed by atoms with Gasteiger partial charge >= 0.3 is 0 Å². The molecule has 1 heterocycles. The summed E-state index contributed by atoms with van der Waals surface area (Å²) < 4.78 is 0. The standard InChI is InChI=1S/C15H19NO2/c1-10-4-5-12(3)13(6-10)14(17)9-16-8-11(2)7-15(16)18/h4-6,11H,7-9H2,1-3H3. The highest BCUT2D eigenvalue weighted by Crippen LogP contribution is 2.18. The first kappa shape index (κ1) is 12.8. The summed E-state index contributed by atoms with van der Waals surface area (Å²) >= 11 is 0. The molecule has 1 amide bonds. The van der Waals surface area contributed by atoms with Crippen LogP contribution in [-0.2, 0) is 4.79 Å². The van der Waals surface area contributed by atoms with Crippen molar-refractivity contribution in [3.63, 3.8) is 0 Å². The van der Waals surface area contributed by atoms with Gasteiger partial charge in [-0.25, -0.2) is 0 Å². The highest BCUT2D eigenvalue weighted by atomic mass is 16.2. The van der Waals surface area contributed by atoms with Crippen molar-refractivity contribution in [1.82, 2.24) is 4.90 Å². The van der Waals surface area contributed by atoms with Crippen molar-refractivity contribution >= 4 is 11.7 Å². The molecule has 1 fully saturated rings. The number of rotatable bonds is 3. The van der Waals surface area contributed by atoms with E-state index in [0.717, 1.165) is 16.7 Å². The zero-order chi connectivity index (χ0) is 13.3. The maximum absolute atomic E-state index is 12.2. The number of Topliss-reactive ketones (excluding diaryl/α,β-unsaturated/α-hetero) is 1. The Morgan fingerprint density at radius 3 is 2.72 bits per heavy atom. The normalized spacial score (nSPS) is 19.4. The zero-order valence-corrected chi connectivity index (χ0v) is 11.2. The van der Waals surface area contributed by atoms with Gasteiger partial charge in [0.2, 0.25) is 5.91 Å². The maximum atomic E-state index is 12.2. The van der Waals surface area contributed by atoms with Crippen molar-refractivity contribution in [1.29, 1.82) is 0 Å². The highest BCUT2D eigenvalue weighted by molar-refractivity contribution is 6.00. The van der Waals surface area contributed by atoms with Crippen LogP contribution in [0, 0.1) is 19.8 Å². The SMILES string of the molecule is Cc1ccc(C)c(C(=O)CN2CC(C)CC2=O)c1. The number of aryl methyl sites for hydroxylation is 2. The second kappa shape index (κ2) is 4.92. The third-order valence-corrected chi connectivity index (χ3v) is 3.44. The Morgan fingerprint density at radius 2 is 2.11 bits per heavy atom. The van der Waals surface area contributed by atoms with Gasteiger partial charge in [0.25, 0.3) is 0 Å². The van der Waals surface area contributed by atoms with Crippen molar-refractivity contribution in [3.8, 4) is 0 Å². The van der Waals surface area contributed by atoms with Crippen LogP contribution < -0.4 is 0 Å². The van der Waals surface area contributed by atoms with Crippen molar-refractivity contribution in [2.75, 3.05) is 13.1 Å². The molecule has 0 aliphatic carbocycles. The smallest absolute Gasteiger partial charge is 0.223 e. The number of ketones is 1. The first-order chi connectivity index (χ1) is 8.47. The van der Waals surface area contributed by atoms with Gasteiger partial charge in [-0.05, 0) is 31.4 Å². The van der Waals surface area contributed by atoms with Crippen LogP contribution in [0.4, 0.5) is 0 Å².